The molecule has 0 unspecified atom stereocenters. The Morgan fingerprint density at radius 2 is 1.84 bits per heavy atom. The number of benzene rings is 2. The molecule has 0 bridgehead atoms. The van der Waals surface area contributed by atoms with E-state index in [4.69, 9.17) is 9.47 Å². The van der Waals surface area contributed by atoms with Gasteiger partial charge in [-0.25, -0.2) is 4.39 Å². The standard InChI is InChI=1S/C19H20FNO4/c1-24-17-4-2-3-15(11-17)12-19(23)25-13-18(22)21-10-9-14-5-7-16(20)8-6-14/h2-8,11H,9-10,12-13H2,1H3,(H,21,22). The number of esters is 1. The number of halogens is 1. The van der Waals surface area contributed by atoms with E-state index in [1.54, 1.807) is 43.5 Å². The Kier molecular flexibility index (Phi) is 6.95. The molecule has 132 valence electrons. The first-order valence-corrected chi connectivity index (χ1v) is 7.86. The van der Waals surface area contributed by atoms with Gasteiger partial charge in [-0.3, -0.25) is 9.59 Å². The van der Waals surface area contributed by atoms with Crippen LogP contribution in [0.5, 0.6) is 5.75 Å². The Morgan fingerprint density at radius 1 is 1.08 bits per heavy atom. The van der Waals surface area contributed by atoms with Gasteiger partial charge in [0.25, 0.3) is 5.91 Å². The summed E-state index contributed by atoms with van der Waals surface area (Å²) in [7, 11) is 1.55. The lowest BCUT2D eigenvalue weighted by Gasteiger charge is -2.07. The zero-order chi connectivity index (χ0) is 18.1. The SMILES string of the molecule is COc1cccc(CC(=O)OCC(=O)NCCc2ccc(F)cc2)c1. The minimum atomic E-state index is -0.484. The maximum atomic E-state index is 12.8. The van der Waals surface area contributed by atoms with Gasteiger partial charge in [-0.1, -0.05) is 24.3 Å². The number of carbonyl (C=O) groups is 2. The summed E-state index contributed by atoms with van der Waals surface area (Å²) in [6.07, 6.45) is 0.643. The van der Waals surface area contributed by atoms with Gasteiger partial charge in [0.05, 0.1) is 13.5 Å². The fourth-order valence-electron chi connectivity index (χ4n) is 2.19. The Morgan fingerprint density at radius 3 is 2.56 bits per heavy atom. The normalized spacial score (nSPS) is 10.2. The Hall–Kier alpha value is -2.89. The topological polar surface area (TPSA) is 64.6 Å². The molecule has 0 aromatic heterocycles. The summed E-state index contributed by atoms with van der Waals surface area (Å²) in [5, 5.41) is 2.65. The predicted molar refractivity (Wildman–Crippen MR) is 90.8 cm³/mol. The lowest BCUT2D eigenvalue weighted by molar-refractivity contribution is -0.147. The summed E-state index contributed by atoms with van der Waals surface area (Å²) in [5.74, 6) is -0.498. The van der Waals surface area contributed by atoms with Crippen LogP contribution in [-0.4, -0.2) is 32.1 Å². The molecule has 0 aliphatic heterocycles. The summed E-state index contributed by atoms with van der Waals surface area (Å²) in [6, 6.07) is 13.2. The number of methoxy groups -OCH3 is 1. The molecule has 2 rings (SSSR count). The maximum Gasteiger partial charge on any atom is 0.310 e. The average Bonchev–Trinajstić information content (AvgIpc) is 2.62. The van der Waals surface area contributed by atoms with Gasteiger partial charge < -0.3 is 14.8 Å². The highest BCUT2D eigenvalue weighted by Gasteiger charge is 2.09. The molecule has 2 aromatic rings. The van der Waals surface area contributed by atoms with Crippen molar-refractivity contribution in [2.45, 2.75) is 12.8 Å². The zero-order valence-corrected chi connectivity index (χ0v) is 14.0. The summed E-state index contributed by atoms with van der Waals surface area (Å²) in [4.78, 5) is 23.4. The molecule has 6 heteroatoms. The molecule has 1 amide bonds. The molecule has 0 aliphatic rings. The van der Waals surface area contributed by atoms with Crippen LogP contribution in [0.2, 0.25) is 0 Å². The first-order chi connectivity index (χ1) is 12.1. The van der Waals surface area contributed by atoms with E-state index in [-0.39, 0.29) is 24.8 Å². The van der Waals surface area contributed by atoms with E-state index in [1.165, 1.54) is 12.1 Å². The van der Waals surface area contributed by atoms with Gasteiger partial charge in [-0.05, 0) is 41.8 Å². The molecule has 2 aromatic carbocycles. The second-order valence-electron chi connectivity index (χ2n) is 5.42. The van der Waals surface area contributed by atoms with E-state index in [1.807, 2.05) is 0 Å². The van der Waals surface area contributed by atoms with Crippen molar-refractivity contribution in [1.82, 2.24) is 5.32 Å². The number of hydrogen-bond acceptors (Lipinski definition) is 4. The van der Waals surface area contributed by atoms with Crippen molar-refractivity contribution < 1.29 is 23.5 Å². The predicted octanol–water partition coefficient (Wildman–Crippen LogP) is 2.28. The first-order valence-electron chi connectivity index (χ1n) is 7.86. The monoisotopic (exact) mass is 345 g/mol. The van der Waals surface area contributed by atoms with Gasteiger partial charge in [0.1, 0.15) is 11.6 Å². The van der Waals surface area contributed by atoms with Crippen molar-refractivity contribution in [1.29, 1.82) is 0 Å². The highest BCUT2D eigenvalue weighted by molar-refractivity contribution is 5.81. The van der Waals surface area contributed by atoms with Crippen molar-refractivity contribution in [3.05, 3.63) is 65.5 Å². The van der Waals surface area contributed by atoms with Gasteiger partial charge in [-0.15, -0.1) is 0 Å². The van der Waals surface area contributed by atoms with Crippen LogP contribution in [0.25, 0.3) is 0 Å². The van der Waals surface area contributed by atoms with Crippen LogP contribution in [0.4, 0.5) is 4.39 Å². The fourth-order valence-corrected chi connectivity index (χ4v) is 2.19. The lowest BCUT2D eigenvalue weighted by atomic mass is 10.1. The van der Waals surface area contributed by atoms with E-state index in [9.17, 15) is 14.0 Å². The molecular weight excluding hydrogens is 325 g/mol. The fraction of sp³-hybridized carbons (Fsp3) is 0.263. The van der Waals surface area contributed by atoms with Crippen LogP contribution >= 0.6 is 0 Å². The molecule has 5 nitrogen and oxygen atoms in total. The quantitative estimate of drug-likeness (QED) is 0.746. The number of hydrogen-bond donors (Lipinski definition) is 1. The van der Waals surface area contributed by atoms with Crippen molar-refractivity contribution in [3.8, 4) is 5.75 Å². The van der Waals surface area contributed by atoms with Crippen molar-refractivity contribution >= 4 is 11.9 Å². The van der Waals surface area contributed by atoms with E-state index in [2.05, 4.69) is 5.32 Å². The van der Waals surface area contributed by atoms with Crippen LogP contribution in [0.1, 0.15) is 11.1 Å². The minimum Gasteiger partial charge on any atom is -0.497 e. The molecule has 0 spiro atoms. The lowest BCUT2D eigenvalue weighted by Crippen LogP contribution is -2.30. The summed E-state index contributed by atoms with van der Waals surface area (Å²) in [5.41, 5.74) is 1.66. The van der Waals surface area contributed by atoms with Gasteiger partial charge in [0.2, 0.25) is 0 Å². The van der Waals surface area contributed by atoms with Crippen LogP contribution in [0.3, 0.4) is 0 Å². The molecular formula is C19H20FNO4. The largest absolute Gasteiger partial charge is 0.497 e. The molecule has 25 heavy (non-hydrogen) atoms. The zero-order valence-electron chi connectivity index (χ0n) is 14.0. The second kappa shape index (κ2) is 9.42. The Balaban J connectivity index is 1.66. The van der Waals surface area contributed by atoms with Crippen LogP contribution in [0.15, 0.2) is 48.5 Å². The number of rotatable bonds is 8. The molecule has 0 saturated heterocycles. The molecule has 0 radical (unpaired) electrons. The van der Waals surface area contributed by atoms with Crippen molar-refractivity contribution in [2.75, 3.05) is 20.3 Å². The van der Waals surface area contributed by atoms with Crippen LogP contribution in [-0.2, 0) is 27.2 Å². The van der Waals surface area contributed by atoms with Crippen molar-refractivity contribution in [2.24, 2.45) is 0 Å². The van der Waals surface area contributed by atoms with E-state index >= 15 is 0 Å². The van der Waals surface area contributed by atoms with Gasteiger partial charge in [0, 0.05) is 6.54 Å². The Bertz CT molecular complexity index is 716. The third kappa shape index (κ3) is 6.63. The average molecular weight is 345 g/mol. The van der Waals surface area contributed by atoms with Crippen LogP contribution < -0.4 is 10.1 Å². The van der Waals surface area contributed by atoms with Gasteiger partial charge in [-0.2, -0.15) is 0 Å². The number of ether oxygens (including phenoxy) is 2. The summed E-state index contributed by atoms with van der Waals surface area (Å²) < 4.78 is 22.8. The molecule has 0 atom stereocenters. The smallest absolute Gasteiger partial charge is 0.310 e. The molecule has 0 heterocycles. The molecule has 1 N–H and O–H groups in total. The highest BCUT2D eigenvalue weighted by atomic mass is 19.1. The molecule has 0 aliphatic carbocycles. The third-order valence-corrected chi connectivity index (χ3v) is 3.50. The maximum absolute atomic E-state index is 12.8. The molecule has 0 fully saturated rings. The van der Waals surface area contributed by atoms with E-state index in [0.29, 0.717) is 18.7 Å². The second-order valence-corrected chi connectivity index (χ2v) is 5.42. The van der Waals surface area contributed by atoms with Crippen LogP contribution in [0, 0.1) is 5.82 Å². The first kappa shape index (κ1) is 18.4. The molecule has 0 saturated carbocycles. The highest BCUT2D eigenvalue weighted by Crippen LogP contribution is 2.13. The minimum absolute atomic E-state index is 0.0695. The summed E-state index contributed by atoms with van der Waals surface area (Å²) in [6.45, 7) is 0.0596. The van der Waals surface area contributed by atoms with Gasteiger partial charge >= 0.3 is 5.97 Å². The van der Waals surface area contributed by atoms with E-state index in [0.717, 1.165) is 11.1 Å². The number of nitrogens with one attached hydrogen (secondary N) is 1. The number of amides is 1. The number of carbonyl (C=O) groups excluding carboxylic acids is 2. The summed E-state index contributed by atoms with van der Waals surface area (Å²) >= 11 is 0. The van der Waals surface area contributed by atoms with Gasteiger partial charge in [0.15, 0.2) is 6.61 Å². The van der Waals surface area contributed by atoms with Crippen molar-refractivity contribution in [3.63, 3.8) is 0 Å². The third-order valence-electron chi connectivity index (χ3n) is 3.50. The van der Waals surface area contributed by atoms with E-state index < -0.39 is 5.97 Å². The Labute approximate surface area is 145 Å².